The molecule has 13 heavy (non-hydrogen) atoms. The molecule has 80 valence electrons. The molecule has 0 aromatic heterocycles. The minimum atomic E-state index is -2.73. The zero-order valence-corrected chi connectivity index (χ0v) is 12.8. The van der Waals surface area contributed by atoms with Crippen LogP contribution in [0.1, 0.15) is 51.4 Å². The standard InChI is InChI=1S/C8H16.I2O2S/c1-2-4-6-8-7-5-3-1;1-5(2,3)4/h1-8H2;. The van der Waals surface area contributed by atoms with E-state index in [4.69, 9.17) is 0 Å². The molecule has 1 fully saturated rings. The zero-order chi connectivity index (χ0) is 10.2. The Balaban J connectivity index is 0.000000252. The molecule has 0 aromatic carbocycles. The van der Waals surface area contributed by atoms with Crippen LogP contribution in [0.3, 0.4) is 0 Å². The fourth-order valence-corrected chi connectivity index (χ4v) is 1.41. The van der Waals surface area contributed by atoms with Gasteiger partial charge in [-0.25, -0.2) is 8.42 Å². The molecule has 0 spiro atoms. The molecule has 1 rings (SSSR count). The average Bonchev–Trinajstić information content (AvgIpc) is 1.79. The first-order chi connectivity index (χ1) is 6.00. The highest BCUT2D eigenvalue weighted by atomic mass is 127. The van der Waals surface area contributed by atoms with Crippen molar-refractivity contribution in [3.8, 4) is 0 Å². The first kappa shape index (κ1) is 14.4. The summed E-state index contributed by atoms with van der Waals surface area (Å²) < 4.78 is 16.5. The third-order valence-electron chi connectivity index (χ3n) is 2.00. The third-order valence-corrected chi connectivity index (χ3v) is 2.00. The van der Waals surface area contributed by atoms with Gasteiger partial charge < -0.3 is 0 Å². The van der Waals surface area contributed by atoms with E-state index < -0.39 is 4.18 Å². The van der Waals surface area contributed by atoms with E-state index in [9.17, 15) is 8.42 Å². The highest BCUT2D eigenvalue weighted by molar-refractivity contribution is 14.3. The van der Waals surface area contributed by atoms with Crippen molar-refractivity contribution in [2.24, 2.45) is 0 Å². The van der Waals surface area contributed by atoms with Crippen molar-refractivity contribution < 1.29 is 8.42 Å². The van der Waals surface area contributed by atoms with Gasteiger partial charge in [0.05, 0.1) is 42.4 Å². The van der Waals surface area contributed by atoms with Gasteiger partial charge in [0.15, 0.2) is 0 Å². The predicted molar refractivity (Wildman–Crippen MR) is 73.9 cm³/mol. The van der Waals surface area contributed by atoms with Crippen LogP contribution in [0.4, 0.5) is 0 Å². The first-order valence-corrected chi connectivity index (χ1v) is 11.2. The minimum Gasteiger partial charge on any atom is -0.208 e. The Morgan fingerprint density at radius 3 is 0.769 bits per heavy atom. The predicted octanol–water partition coefficient (Wildman–Crippen LogP) is 4.22. The fraction of sp³-hybridized carbons (Fsp3) is 1.00. The monoisotopic (exact) mass is 430 g/mol. The Hall–Kier alpha value is 1.41. The average molecular weight is 430 g/mol. The highest BCUT2D eigenvalue weighted by Gasteiger charge is 1.95. The van der Waals surface area contributed by atoms with Gasteiger partial charge in [-0.1, -0.05) is 51.4 Å². The van der Waals surface area contributed by atoms with Crippen molar-refractivity contribution >= 4 is 46.6 Å². The van der Waals surface area contributed by atoms with E-state index in [-0.39, 0.29) is 0 Å². The summed E-state index contributed by atoms with van der Waals surface area (Å²) in [5.41, 5.74) is 0. The van der Waals surface area contributed by atoms with Crippen LogP contribution in [0.2, 0.25) is 0 Å². The number of hydrogen-bond acceptors (Lipinski definition) is 2. The molecule has 0 radical (unpaired) electrons. The lowest BCUT2D eigenvalue weighted by Gasteiger charge is -2.05. The Morgan fingerprint density at radius 2 is 0.692 bits per heavy atom. The van der Waals surface area contributed by atoms with Crippen LogP contribution in [0, 0.1) is 0 Å². The number of rotatable bonds is 0. The van der Waals surface area contributed by atoms with Crippen LogP contribution in [-0.2, 0) is 4.18 Å². The second-order valence-corrected chi connectivity index (χ2v) is 16.0. The van der Waals surface area contributed by atoms with Crippen LogP contribution in [0.15, 0.2) is 0 Å². The van der Waals surface area contributed by atoms with Gasteiger partial charge in [0.1, 0.15) is 0 Å². The molecule has 0 amide bonds. The number of halogens is 2. The largest absolute Gasteiger partial charge is 0.255 e. The van der Waals surface area contributed by atoms with Gasteiger partial charge in [0, 0.05) is 0 Å². The molecule has 0 bridgehead atoms. The molecule has 0 heterocycles. The van der Waals surface area contributed by atoms with Gasteiger partial charge in [-0.3, -0.25) is 0 Å². The van der Waals surface area contributed by atoms with Crippen molar-refractivity contribution in [3.63, 3.8) is 0 Å². The van der Waals surface area contributed by atoms with Gasteiger partial charge in [-0.2, -0.15) is 0 Å². The quantitative estimate of drug-likeness (QED) is 0.426. The van der Waals surface area contributed by atoms with Gasteiger partial charge in [0.2, 0.25) is 0 Å². The molecule has 1 aliphatic carbocycles. The molecule has 0 saturated heterocycles. The van der Waals surface area contributed by atoms with E-state index in [0.717, 1.165) is 0 Å². The van der Waals surface area contributed by atoms with Gasteiger partial charge in [-0.05, 0) is 0 Å². The Labute approximate surface area is 105 Å². The summed E-state index contributed by atoms with van der Waals surface area (Å²) in [6, 6.07) is 0. The molecule has 0 aromatic rings. The lowest BCUT2D eigenvalue weighted by atomic mass is 10.0. The Morgan fingerprint density at radius 1 is 0.615 bits per heavy atom. The molecule has 1 saturated carbocycles. The van der Waals surface area contributed by atoms with Crippen LogP contribution >= 0.6 is 42.4 Å². The molecule has 2 nitrogen and oxygen atoms in total. The van der Waals surface area contributed by atoms with Crippen molar-refractivity contribution in [2.45, 2.75) is 51.4 Å². The summed E-state index contributed by atoms with van der Waals surface area (Å²) in [5.74, 6) is 0. The highest BCUT2D eigenvalue weighted by Crippen LogP contribution is 2.15. The maximum absolute atomic E-state index is 9.61. The zero-order valence-electron chi connectivity index (χ0n) is 7.64. The van der Waals surface area contributed by atoms with E-state index in [1.165, 1.54) is 93.8 Å². The summed E-state index contributed by atoms with van der Waals surface area (Å²) in [5, 5.41) is 0. The smallest absolute Gasteiger partial charge is 0.208 e. The van der Waals surface area contributed by atoms with E-state index in [1.807, 2.05) is 0 Å². The van der Waals surface area contributed by atoms with Crippen LogP contribution in [0.25, 0.3) is 0 Å². The molecule has 0 aliphatic heterocycles. The molecular weight excluding hydrogens is 414 g/mol. The van der Waals surface area contributed by atoms with Gasteiger partial charge >= 0.3 is 0 Å². The molecular formula is C8H16I2O2S. The lowest BCUT2D eigenvalue weighted by Crippen LogP contribution is -1.85. The lowest BCUT2D eigenvalue weighted by molar-refractivity contribution is 0.504. The minimum absolute atomic E-state index is 1.34. The van der Waals surface area contributed by atoms with Crippen LogP contribution in [0.5, 0.6) is 0 Å². The van der Waals surface area contributed by atoms with E-state index in [0.29, 0.717) is 0 Å². The Bertz CT molecular complexity index is 170. The topological polar surface area (TPSA) is 34.1 Å². The van der Waals surface area contributed by atoms with E-state index in [2.05, 4.69) is 0 Å². The molecule has 0 unspecified atom stereocenters. The molecule has 1 aliphatic rings. The van der Waals surface area contributed by atoms with Gasteiger partial charge in [0.25, 0.3) is 4.18 Å². The maximum atomic E-state index is 9.61. The summed E-state index contributed by atoms with van der Waals surface area (Å²) >= 11 is 2.67. The van der Waals surface area contributed by atoms with Crippen LogP contribution < -0.4 is 0 Å². The van der Waals surface area contributed by atoms with E-state index >= 15 is 0 Å². The second kappa shape index (κ2) is 8.70. The van der Waals surface area contributed by atoms with Crippen molar-refractivity contribution in [3.05, 3.63) is 0 Å². The molecule has 0 N–H and O–H groups in total. The maximum Gasteiger partial charge on any atom is 0.255 e. The van der Waals surface area contributed by atoms with Crippen molar-refractivity contribution in [1.29, 1.82) is 0 Å². The van der Waals surface area contributed by atoms with E-state index in [1.54, 1.807) is 0 Å². The SMILES string of the molecule is C1CCCCCCC1.O=S(=O)(I)I. The number of hydrogen-bond donors (Lipinski definition) is 0. The Kier molecular flexibility index (Phi) is 9.64. The summed E-state index contributed by atoms with van der Waals surface area (Å²) in [7, 11) is 0. The first-order valence-electron chi connectivity index (χ1n) is 4.64. The molecule has 5 heteroatoms. The van der Waals surface area contributed by atoms with Gasteiger partial charge in [-0.15, -0.1) is 0 Å². The van der Waals surface area contributed by atoms with Crippen molar-refractivity contribution in [2.75, 3.05) is 0 Å². The summed E-state index contributed by atoms with van der Waals surface area (Å²) in [6.45, 7) is 0. The normalized spacial score (nSPS) is 19.2. The second-order valence-electron chi connectivity index (χ2n) is 3.21. The molecule has 0 atom stereocenters. The fourth-order valence-electron chi connectivity index (χ4n) is 1.41. The summed E-state index contributed by atoms with van der Waals surface area (Å²) in [4.78, 5) is 0. The third kappa shape index (κ3) is 19.7. The van der Waals surface area contributed by atoms with Crippen molar-refractivity contribution in [1.82, 2.24) is 0 Å². The summed E-state index contributed by atoms with van der Waals surface area (Å²) in [6.07, 6.45) is 12.0. The van der Waals surface area contributed by atoms with Crippen LogP contribution in [-0.4, -0.2) is 8.42 Å².